The highest BCUT2D eigenvalue weighted by Crippen LogP contribution is 2.48. The Morgan fingerprint density at radius 3 is 2.17 bits per heavy atom. The van der Waals surface area contributed by atoms with Gasteiger partial charge in [0.2, 0.25) is 5.82 Å². The van der Waals surface area contributed by atoms with E-state index in [-0.39, 0.29) is 27.0 Å². The van der Waals surface area contributed by atoms with Crippen LogP contribution >= 0.6 is 23.5 Å². The first-order chi connectivity index (χ1) is 14.0. The SMILES string of the molecule is C/C=C/CCC1CSC(c2ccc(-c3ccc(OC)c(F)c3F)c(F)c2F)SC1. The lowest BCUT2D eigenvalue weighted by Crippen LogP contribution is -2.15. The number of hydrogen-bond acceptors (Lipinski definition) is 3. The topological polar surface area (TPSA) is 9.23 Å². The Balaban J connectivity index is 1.80. The van der Waals surface area contributed by atoms with Crippen molar-refractivity contribution >= 4 is 23.5 Å². The Morgan fingerprint density at radius 1 is 0.931 bits per heavy atom. The smallest absolute Gasteiger partial charge is 0.201 e. The molecule has 1 nitrogen and oxygen atoms in total. The molecular weight excluding hydrogens is 420 g/mol. The molecule has 0 atom stereocenters. The van der Waals surface area contributed by atoms with Crippen molar-refractivity contribution in [3.63, 3.8) is 0 Å². The summed E-state index contributed by atoms with van der Waals surface area (Å²) in [7, 11) is 1.21. The van der Waals surface area contributed by atoms with Crippen LogP contribution in [0.4, 0.5) is 17.6 Å². The number of halogens is 4. The number of benzene rings is 2. The highest BCUT2D eigenvalue weighted by atomic mass is 32.2. The van der Waals surface area contributed by atoms with E-state index >= 15 is 0 Å². The third kappa shape index (κ3) is 4.77. The van der Waals surface area contributed by atoms with Crippen molar-refractivity contribution in [3.05, 3.63) is 65.2 Å². The van der Waals surface area contributed by atoms with E-state index in [4.69, 9.17) is 4.74 Å². The van der Waals surface area contributed by atoms with E-state index in [1.54, 1.807) is 23.5 Å². The summed E-state index contributed by atoms with van der Waals surface area (Å²) in [6.45, 7) is 1.99. The van der Waals surface area contributed by atoms with Crippen LogP contribution < -0.4 is 4.74 Å². The van der Waals surface area contributed by atoms with Gasteiger partial charge < -0.3 is 4.74 Å². The molecule has 1 aliphatic heterocycles. The molecule has 0 saturated carbocycles. The number of hydrogen-bond donors (Lipinski definition) is 0. The second-order valence-corrected chi connectivity index (χ2v) is 9.36. The van der Waals surface area contributed by atoms with Crippen LogP contribution in [0.15, 0.2) is 36.4 Å². The van der Waals surface area contributed by atoms with Gasteiger partial charge in [-0.2, -0.15) is 4.39 Å². The molecule has 0 amide bonds. The third-order valence-electron chi connectivity index (χ3n) is 4.87. The van der Waals surface area contributed by atoms with E-state index in [0.717, 1.165) is 24.3 Å². The van der Waals surface area contributed by atoms with Crippen molar-refractivity contribution in [1.82, 2.24) is 0 Å². The Morgan fingerprint density at radius 2 is 1.55 bits per heavy atom. The molecule has 29 heavy (non-hydrogen) atoms. The molecule has 0 unspecified atom stereocenters. The van der Waals surface area contributed by atoms with Gasteiger partial charge in [-0.05, 0) is 49.3 Å². The number of methoxy groups -OCH3 is 1. The fourth-order valence-corrected chi connectivity index (χ4v) is 6.43. The lowest BCUT2D eigenvalue weighted by molar-refractivity contribution is 0.372. The maximum atomic E-state index is 14.8. The van der Waals surface area contributed by atoms with Crippen LogP contribution in [0.2, 0.25) is 0 Å². The molecule has 1 fully saturated rings. The van der Waals surface area contributed by atoms with E-state index < -0.39 is 23.3 Å². The molecule has 0 bridgehead atoms. The highest BCUT2D eigenvalue weighted by molar-refractivity contribution is 8.16. The first-order valence-electron chi connectivity index (χ1n) is 9.32. The van der Waals surface area contributed by atoms with E-state index in [1.807, 2.05) is 13.0 Å². The van der Waals surface area contributed by atoms with Gasteiger partial charge in [0.25, 0.3) is 0 Å². The maximum Gasteiger partial charge on any atom is 0.201 e. The predicted octanol–water partition coefficient (Wildman–Crippen LogP) is 7.37. The summed E-state index contributed by atoms with van der Waals surface area (Å²) in [4.78, 5) is 0. The quantitative estimate of drug-likeness (QED) is 0.341. The molecule has 3 rings (SSSR count). The van der Waals surface area contributed by atoms with Gasteiger partial charge in [-0.15, -0.1) is 23.5 Å². The highest BCUT2D eigenvalue weighted by Gasteiger charge is 2.28. The Labute approximate surface area is 176 Å². The monoisotopic (exact) mass is 442 g/mol. The van der Waals surface area contributed by atoms with Crippen molar-refractivity contribution in [2.75, 3.05) is 18.6 Å². The summed E-state index contributed by atoms with van der Waals surface area (Å²) in [5.41, 5.74) is -0.387. The van der Waals surface area contributed by atoms with Crippen LogP contribution in [-0.2, 0) is 0 Å². The minimum absolute atomic E-state index is 0.214. The fraction of sp³-hybridized carbons (Fsp3) is 0.364. The van der Waals surface area contributed by atoms with Crippen molar-refractivity contribution in [2.24, 2.45) is 5.92 Å². The summed E-state index contributed by atoms with van der Waals surface area (Å²) in [5, 5.41) is 0. The largest absolute Gasteiger partial charge is 0.494 e. The van der Waals surface area contributed by atoms with Crippen molar-refractivity contribution in [1.29, 1.82) is 0 Å². The van der Waals surface area contributed by atoms with Crippen LogP contribution in [0.1, 0.15) is 29.9 Å². The molecule has 0 N–H and O–H groups in total. The summed E-state index contributed by atoms with van der Waals surface area (Å²) < 4.78 is 62.4. The minimum Gasteiger partial charge on any atom is -0.494 e. The van der Waals surface area contributed by atoms with Gasteiger partial charge >= 0.3 is 0 Å². The molecular formula is C22H22F4OS2. The Kier molecular flexibility index (Phi) is 7.57. The zero-order valence-corrected chi connectivity index (χ0v) is 17.8. The summed E-state index contributed by atoms with van der Waals surface area (Å²) in [6, 6.07) is 5.17. The molecule has 0 radical (unpaired) electrons. The second-order valence-electron chi connectivity index (χ2n) is 6.78. The molecule has 7 heteroatoms. The lowest BCUT2D eigenvalue weighted by atomic mass is 10.0. The first-order valence-corrected chi connectivity index (χ1v) is 11.4. The van der Waals surface area contributed by atoms with Crippen molar-refractivity contribution < 1.29 is 22.3 Å². The van der Waals surface area contributed by atoms with Gasteiger partial charge in [-0.25, -0.2) is 13.2 Å². The van der Waals surface area contributed by atoms with E-state index in [2.05, 4.69) is 6.08 Å². The average Bonchev–Trinajstić information content (AvgIpc) is 2.73. The molecule has 1 saturated heterocycles. The van der Waals surface area contributed by atoms with Gasteiger partial charge in [0, 0.05) is 16.7 Å². The van der Waals surface area contributed by atoms with Crippen LogP contribution in [0, 0.1) is 29.2 Å². The number of allylic oxidation sites excluding steroid dienone is 2. The Bertz CT molecular complexity index is 893. The number of ether oxygens (including phenoxy) is 1. The molecule has 2 aromatic carbocycles. The van der Waals surface area contributed by atoms with Crippen LogP contribution in [0.25, 0.3) is 11.1 Å². The van der Waals surface area contributed by atoms with Crippen molar-refractivity contribution in [3.8, 4) is 16.9 Å². The first kappa shape index (κ1) is 22.1. The van der Waals surface area contributed by atoms with E-state index in [0.29, 0.717) is 5.92 Å². The standard InChI is InChI=1S/C22H22F4OS2/c1-3-4-5-6-13-11-28-22(29-12-13)16-8-7-14(18(23)20(16)25)15-9-10-17(27-2)21(26)19(15)24/h3-4,7-10,13,22H,5-6,11-12H2,1-2H3/b4-3+. The lowest BCUT2D eigenvalue weighted by Gasteiger charge is -2.28. The van der Waals surface area contributed by atoms with Crippen molar-refractivity contribution in [2.45, 2.75) is 24.3 Å². The minimum atomic E-state index is -1.26. The van der Waals surface area contributed by atoms with Crippen LogP contribution in [0.3, 0.4) is 0 Å². The van der Waals surface area contributed by atoms with Gasteiger partial charge in [0.05, 0.1) is 11.7 Å². The number of thioether (sulfide) groups is 2. The summed E-state index contributed by atoms with van der Waals surface area (Å²) >= 11 is 3.20. The van der Waals surface area contributed by atoms with Gasteiger partial charge in [-0.1, -0.05) is 24.3 Å². The molecule has 1 heterocycles. The maximum absolute atomic E-state index is 14.8. The second kappa shape index (κ2) is 9.94. The molecule has 0 aromatic heterocycles. The fourth-order valence-electron chi connectivity index (χ4n) is 3.24. The van der Waals surface area contributed by atoms with Gasteiger partial charge in [-0.3, -0.25) is 0 Å². The zero-order chi connectivity index (χ0) is 21.0. The van der Waals surface area contributed by atoms with Crippen LogP contribution in [0.5, 0.6) is 5.75 Å². The predicted molar refractivity (Wildman–Crippen MR) is 113 cm³/mol. The summed E-state index contributed by atoms with van der Waals surface area (Å²) in [5.74, 6) is -2.63. The molecule has 156 valence electrons. The number of rotatable bonds is 6. The molecule has 0 spiro atoms. The Hall–Kier alpha value is -1.60. The molecule has 0 aliphatic carbocycles. The average molecular weight is 443 g/mol. The van der Waals surface area contributed by atoms with Crippen LogP contribution in [-0.4, -0.2) is 18.6 Å². The molecule has 2 aromatic rings. The zero-order valence-electron chi connectivity index (χ0n) is 16.2. The van der Waals surface area contributed by atoms with E-state index in [1.165, 1.54) is 31.4 Å². The summed E-state index contributed by atoms with van der Waals surface area (Å²) in [6.07, 6.45) is 6.27. The van der Waals surface area contributed by atoms with E-state index in [9.17, 15) is 17.6 Å². The third-order valence-corrected chi connectivity index (χ3v) is 8.12. The van der Waals surface area contributed by atoms with Gasteiger partial charge in [0.1, 0.15) is 0 Å². The molecule has 1 aliphatic rings. The van der Waals surface area contributed by atoms with Gasteiger partial charge in [0.15, 0.2) is 23.2 Å². The normalized spacial score (nSPS) is 19.7.